The van der Waals surface area contributed by atoms with Crippen molar-refractivity contribution in [2.24, 2.45) is 0 Å². The molecule has 2 aromatic carbocycles. The number of carbonyl (C=O) groups excluding carboxylic acids is 1. The highest BCUT2D eigenvalue weighted by Gasteiger charge is 2.06. The first kappa shape index (κ1) is 16.0. The first-order chi connectivity index (χ1) is 10.7. The van der Waals surface area contributed by atoms with Gasteiger partial charge in [0, 0.05) is 0 Å². The van der Waals surface area contributed by atoms with E-state index < -0.39 is 0 Å². The summed E-state index contributed by atoms with van der Waals surface area (Å²) < 4.78 is 17.9. The number of nitrogens with one attached hydrogen (secondary N) is 2. The van der Waals surface area contributed by atoms with Crippen LogP contribution in [-0.4, -0.2) is 26.1 Å². The molecule has 0 aliphatic rings. The van der Waals surface area contributed by atoms with Gasteiger partial charge in [-0.25, -0.2) is 4.39 Å². The van der Waals surface area contributed by atoms with Gasteiger partial charge in [-0.1, -0.05) is 24.3 Å². The third-order valence-corrected chi connectivity index (χ3v) is 3.17. The summed E-state index contributed by atoms with van der Waals surface area (Å²) in [5, 5.41) is 5.85. The molecule has 2 rings (SSSR count). The summed E-state index contributed by atoms with van der Waals surface area (Å²) in [7, 11) is 1.56. The monoisotopic (exact) mass is 302 g/mol. The lowest BCUT2D eigenvalue weighted by Crippen LogP contribution is -2.29. The van der Waals surface area contributed by atoms with Crippen LogP contribution in [0.1, 0.15) is 5.56 Å². The van der Waals surface area contributed by atoms with E-state index in [2.05, 4.69) is 10.6 Å². The van der Waals surface area contributed by atoms with Crippen molar-refractivity contribution in [3.63, 3.8) is 0 Å². The van der Waals surface area contributed by atoms with Gasteiger partial charge in [0.05, 0.1) is 19.3 Å². The second-order valence-electron chi connectivity index (χ2n) is 4.80. The van der Waals surface area contributed by atoms with Gasteiger partial charge in [-0.15, -0.1) is 0 Å². The second-order valence-corrected chi connectivity index (χ2v) is 4.80. The van der Waals surface area contributed by atoms with E-state index in [1.54, 1.807) is 31.4 Å². The lowest BCUT2D eigenvalue weighted by atomic mass is 10.1. The predicted octanol–water partition coefficient (Wildman–Crippen LogP) is 2.61. The Kier molecular flexibility index (Phi) is 5.91. The Morgan fingerprint density at radius 3 is 2.59 bits per heavy atom. The molecular weight excluding hydrogens is 283 g/mol. The zero-order chi connectivity index (χ0) is 15.8. The van der Waals surface area contributed by atoms with Crippen molar-refractivity contribution in [2.75, 3.05) is 25.5 Å². The van der Waals surface area contributed by atoms with Crippen molar-refractivity contribution in [1.82, 2.24) is 5.32 Å². The number of hydrogen-bond donors (Lipinski definition) is 2. The number of benzene rings is 2. The predicted molar refractivity (Wildman–Crippen MR) is 84.6 cm³/mol. The van der Waals surface area contributed by atoms with Gasteiger partial charge in [0.2, 0.25) is 5.91 Å². The molecule has 22 heavy (non-hydrogen) atoms. The average Bonchev–Trinajstić information content (AvgIpc) is 2.54. The molecule has 0 atom stereocenters. The largest absolute Gasteiger partial charge is 0.495 e. The minimum Gasteiger partial charge on any atom is -0.495 e. The lowest BCUT2D eigenvalue weighted by Gasteiger charge is -2.10. The Hall–Kier alpha value is -2.40. The molecule has 1 amide bonds. The van der Waals surface area contributed by atoms with Crippen LogP contribution in [0.4, 0.5) is 10.1 Å². The lowest BCUT2D eigenvalue weighted by molar-refractivity contribution is -0.115. The van der Waals surface area contributed by atoms with E-state index in [1.165, 1.54) is 12.1 Å². The quantitative estimate of drug-likeness (QED) is 0.773. The van der Waals surface area contributed by atoms with E-state index in [1.807, 2.05) is 12.1 Å². The van der Waals surface area contributed by atoms with Crippen molar-refractivity contribution in [3.05, 3.63) is 59.9 Å². The van der Waals surface area contributed by atoms with Gasteiger partial charge in [0.1, 0.15) is 11.6 Å². The highest BCUT2D eigenvalue weighted by atomic mass is 19.1. The molecule has 116 valence electrons. The number of para-hydroxylation sites is 2. The fourth-order valence-corrected chi connectivity index (χ4v) is 2.03. The van der Waals surface area contributed by atoms with Crippen LogP contribution in [0.25, 0.3) is 0 Å². The molecule has 0 fully saturated rings. The summed E-state index contributed by atoms with van der Waals surface area (Å²) in [6.07, 6.45) is 0.738. The molecule has 0 saturated carbocycles. The number of hydrogen-bond acceptors (Lipinski definition) is 3. The molecule has 4 nitrogen and oxygen atoms in total. The van der Waals surface area contributed by atoms with Gasteiger partial charge in [0.15, 0.2) is 0 Å². The van der Waals surface area contributed by atoms with Gasteiger partial charge in [-0.3, -0.25) is 4.79 Å². The van der Waals surface area contributed by atoms with E-state index in [-0.39, 0.29) is 18.3 Å². The molecule has 0 unspecified atom stereocenters. The maximum absolute atomic E-state index is 12.8. The van der Waals surface area contributed by atoms with E-state index in [9.17, 15) is 9.18 Å². The highest BCUT2D eigenvalue weighted by Crippen LogP contribution is 2.22. The van der Waals surface area contributed by atoms with E-state index in [4.69, 9.17) is 4.74 Å². The molecule has 2 N–H and O–H groups in total. The number of anilines is 1. The highest BCUT2D eigenvalue weighted by molar-refractivity contribution is 5.93. The molecule has 2 aromatic rings. The molecule has 0 aliphatic carbocycles. The third-order valence-electron chi connectivity index (χ3n) is 3.17. The van der Waals surface area contributed by atoms with Crippen molar-refractivity contribution in [2.45, 2.75) is 6.42 Å². The molecule has 5 heteroatoms. The van der Waals surface area contributed by atoms with Gasteiger partial charge >= 0.3 is 0 Å². The van der Waals surface area contributed by atoms with Crippen molar-refractivity contribution in [1.29, 1.82) is 0 Å². The first-order valence-corrected chi connectivity index (χ1v) is 7.07. The number of rotatable bonds is 7. The molecule has 0 bridgehead atoms. The maximum atomic E-state index is 12.8. The van der Waals surface area contributed by atoms with Gasteiger partial charge in [-0.05, 0) is 42.8 Å². The molecule has 0 spiro atoms. The summed E-state index contributed by atoms with van der Waals surface area (Å²) in [6.45, 7) is 0.851. The summed E-state index contributed by atoms with van der Waals surface area (Å²) >= 11 is 0. The van der Waals surface area contributed by atoms with Crippen LogP contribution < -0.4 is 15.4 Å². The fraction of sp³-hybridized carbons (Fsp3) is 0.235. The number of ether oxygens (including phenoxy) is 1. The molecule has 0 heterocycles. The second kappa shape index (κ2) is 8.14. The van der Waals surface area contributed by atoms with Crippen LogP contribution >= 0.6 is 0 Å². The summed E-state index contributed by atoms with van der Waals surface area (Å²) in [6, 6.07) is 13.6. The third kappa shape index (κ3) is 4.86. The van der Waals surface area contributed by atoms with Gasteiger partial charge in [0.25, 0.3) is 0 Å². The maximum Gasteiger partial charge on any atom is 0.238 e. The normalized spacial score (nSPS) is 10.3. The Labute approximate surface area is 129 Å². The van der Waals surface area contributed by atoms with Crippen LogP contribution in [0.5, 0.6) is 5.75 Å². The van der Waals surface area contributed by atoms with Crippen LogP contribution in [-0.2, 0) is 11.2 Å². The van der Waals surface area contributed by atoms with Gasteiger partial charge < -0.3 is 15.4 Å². The smallest absolute Gasteiger partial charge is 0.238 e. The SMILES string of the molecule is COc1ccccc1NC(=O)CNCCc1ccc(F)cc1. The fourth-order valence-electron chi connectivity index (χ4n) is 2.03. The number of halogens is 1. The van der Waals surface area contributed by atoms with Crippen molar-refractivity contribution in [3.8, 4) is 5.75 Å². The molecular formula is C17H19FN2O2. The van der Waals surface area contributed by atoms with Gasteiger partial charge in [-0.2, -0.15) is 0 Å². The zero-order valence-corrected chi connectivity index (χ0v) is 12.4. The summed E-state index contributed by atoms with van der Waals surface area (Å²) in [5.41, 5.74) is 1.68. The minimum absolute atomic E-state index is 0.136. The van der Waals surface area contributed by atoms with Crippen LogP contribution in [0.2, 0.25) is 0 Å². The number of methoxy groups -OCH3 is 1. The van der Waals surface area contributed by atoms with Crippen LogP contribution in [0.15, 0.2) is 48.5 Å². The molecule has 0 radical (unpaired) electrons. The number of amides is 1. The summed E-state index contributed by atoms with van der Waals surface area (Å²) in [4.78, 5) is 11.9. The zero-order valence-electron chi connectivity index (χ0n) is 12.4. The van der Waals surface area contributed by atoms with Crippen LogP contribution in [0, 0.1) is 5.82 Å². The first-order valence-electron chi connectivity index (χ1n) is 7.07. The Bertz CT molecular complexity index is 614. The minimum atomic E-state index is -0.243. The Morgan fingerprint density at radius 2 is 1.86 bits per heavy atom. The van der Waals surface area contributed by atoms with Crippen molar-refractivity contribution < 1.29 is 13.9 Å². The van der Waals surface area contributed by atoms with E-state index in [0.29, 0.717) is 18.0 Å². The van der Waals surface area contributed by atoms with Crippen LogP contribution in [0.3, 0.4) is 0 Å². The topological polar surface area (TPSA) is 50.4 Å². The molecule has 0 saturated heterocycles. The molecule has 0 aromatic heterocycles. The average molecular weight is 302 g/mol. The van der Waals surface area contributed by atoms with E-state index in [0.717, 1.165) is 12.0 Å². The molecule has 0 aliphatic heterocycles. The standard InChI is InChI=1S/C17H19FN2O2/c1-22-16-5-3-2-4-15(16)20-17(21)12-19-11-10-13-6-8-14(18)9-7-13/h2-9,19H,10-12H2,1H3,(H,20,21). The number of carbonyl (C=O) groups is 1. The summed E-state index contributed by atoms with van der Waals surface area (Å²) in [5.74, 6) is 0.249. The Balaban J connectivity index is 1.72. The Morgan fingerprint density at radius 1 is 1.14 bits per heavy atom. The van der Waals surface area contributed by atoms with E-state index >= 15 is 0 Å². The van der Waals surface area contributed by atoms with Crippen molar-refractivity contribution >= 4 is 11.6 Å².